The predicted molar refractivity (Wildman–Crippen MR) is 106 cm³/mol. The highest BCUT2D eigenvalue weighted by atomic mass is 35.5. The first-order valence-corrected chi connectivity index (χ1v) is 9.70. The van der Waals surface area contributed by atoms with Crippen molar-refractivity contribution in [3.05, 3.63) is 69.5 Å². The summed E-state index contributed by atoms with van der Waals surface area (Å²) in [5.74, 6) is -0.857. The molecule has 2 fully saturated rings. The molecule has 28 heavy (non-hydrogen) atoms. The Morgan fingerprint density at radius 2 is 1.57 bits per heavy atom. The van der Waals surface area contributed by atoms with E-state index in [2.05, 4.69) is 10.6 Å². The van der Waals surface area contributed by atoms with Gasteiger partial charge in [0.25, 0.3) is 11.8 Å². The predicted octanol–water partition coefficient (Wildman–Crippen LogP) is 4.60. The van der Waals surface area contributed by atoms with Crippen molar-refractivity contribution in [2.75, 3.05) is 0 Å². The number of fused-ring (bicyclic) bond motifs is 1. The van der Waals surface area contributed by atoms with Crippen molar-refractivity contribution in [3.63, 3.8) is 0 Å². The van der Waals surface area contributed by atoms with E-state index in [4.69, 9.17) is 23.2 Å². The molecule has 4 nitrogen and oxygen atoms in total. The smallest absolute Gasteiger partial charge is 0.251 e. The normalized spacial score (nSPS) is 24.9. The van der Waals surface area contributed by atoms with E-state index in [9.17, 15) is 14.0 Å². The molecule has 2 aromatic rings. The molecule has 2 amide bonds. The van der Waals surface area contributed by atoms with Crippen LogP contribution in [0.25, 0.3) is 0 Å². The standard InChI is InChI=1S/C21H19Cl2FN2O2/c1-19(2,25-17(27)12-3-6-14(24)7-4-12)20-10-21(20,11-20)26-18(28)13-5-8-15(22)16(23)9-13/h3-9H,10-11H2,1-2H3,(H,25,27)(H,26,28). The number of hydrogen-bond donors (Lipinski definition) is 2. The van der Waals surface area contributed by atoms with Crippen molar-refractivity contribution < 1.29 is 14.0 Å². The first-order valence-electron chi connectivity index (χ1n) is 8.95. The number of nitrogens with one attached hydrogen (secondary N) is 2. The number of hydrogen-bond acceptors (Lipinski definition) is 2. The Hall–Kier alpha value is -2.11. The van der Waals surface area contributed by atoms with Crippen LogP contribution in [0, 0.1) is 11.2 Å². The minimum atomic E-state index is -0.524. The van der Waals surface area contributed by atoms with E-state index < -0.39 is 5.54 Å². The molecule has 0 radical (unpaired) electrons. The van der Waals surface area contributed by atoms with Gasteiger partial charge < -0.3 is 10.6 Å². The average Bonchev–Trinajstić information content (AvgIpc) is 3.45. The molecule has 0 atom stereocenters. The van der Waals surface area contributed by atoms with Gasteiger partial charge >= 0.3 is 0 Å². The second-order valence-corrected chi connectivity index (χ2v) is 9.00. The zero-order chi connectivity index (χ0) is 20.3. The Morgan fingerprint density at radius 3 is 2.18 bits per heavy atom. The van der Waals surface area contributed by atoms with Crippen LogP contribution in [0.1, 0.15) is 47.4 Å². The third kappa shape index (κ3) is 2.97. The Kier molecular flexibility index (Phi) is 4.25. The molecule has 146 valence electrons. The van der Waals surface area contributed by atoms with Gasteiger partial charge in [0.1, 0.15) is 5.82 Å². The maximum absolute atomic E-state index is 13.1. The number of benzene rings is 2. The lowest BCUT2D eigenvalue weighted by Gasteiger charge is -2.29. The molecule has 0 aromatic heterocycles. The summed E-state index contributed by atoms with van der Waals surface area (Å²) in [5, 5.41) is 6.86. The van der Waals surface area contributed by atoms with Crippen molar-refractivity contribution in [1.82, 2.24) is 10.6 Å². The summed E-state index contributed by atoms with van der Waals surface area (Å²) in [4.78, 5) is 25.1. The lowest BCUT2D eigenvalue weighted by molar-refractivity contribution is 0.0888. The Bertz CT molecular complexity index is 982. The van der Waals surface area contributed by atoms with E-state index >= 15 is 0 Å². The highest BCUT2D eigenvalue weighted by Gasteiger charge is 2.88. The minimum absolute atomic E-state index is 0.179. The SMILES string of the molecule is CC(C)(NC(=O)c1ccc(F)cc1)C12CC1(NC(=O)c1ccc(Cl)c(Cl)c1)C2. The average molecular weight is 421 g/mol. The molecule has 0 unspecified atom stereocenters. The zero-order valence-corrected chi connectivity index (χ0v) is 16.9. The van der Waals surface area contributed by atoms with Crippen molar-refractivity contribution >= 4 is 35.0 Å². The van der Waals surface area contributed by atoms with Gasteiger partial charge in [-0.05, 0) is 69.2 Å². The maximum Gasteiger partial charge on any atom is 0.251 e. The van der Waals surface area contributed by atoms with Gasteiger partial charge in [0.05, 0.1) is 10.0 Å². The van der Waals surface area contributed by atoms with Crippen LogP contribution in [0.2, 0.25) is 10.0 Å². The van der Waals surface area contributed by atoms with E-state index in [1.54, 1.807) is 18.2 Å². The van der Waals surface area contributed by atoms with Crippen molar-refractivity contribution in [3.8, 4) is 0 Å². The number of carbonyl (C=O) groups excluding carboxylic acids is 2. The van der Waals surface area contributed by atoms with E-state index in [0.717, 1.165) is 12.8 Å². The third-order valence-electron chi connectivity index (χ3n) is 6.14. The van der Waals surface area contributed by atoms with Gasteiger partial charge in [0.15, 0.2) is 0 Å². The summed E-state index contributed by atoms with van der Waals surface area (Å²) in [5.41, 5.74) is -0.164. The summed E-state index contributed by atoms with van der Waals surface area (Å²) >= 11 is 11.9. The van der Waals surface area contributed by atoms with Crippen LogP contribution >= 0.6 is 23.2 Å². The summed E-state index contributed by atoms with van der Waals surface area (Å²) in [6, 6.07) is 10.2. The first-order chi connectivity index (χ1) is 13.1. The molecule has 2 aromatic carbocycles. The maximum atomic E-state index is 13.1. The van der Waals surface area contributed by atoms with E-state index in [0.29, 0.717) is 21.2 Å². The largest absolute Gasteiger partial charge is 0.347 e. The fourth-order valence-electron chi connectivity index (χ4n) is 4.14. The zero-order valence-electron chi connectivity index (χ0n) is 15.4. The van der Waals surface area contributed by atoms with Gasteiger partial charge in [-0.1, -0.05) is 23.2 Å². The van der Waals surface area contributed by atoms with Crippen LogP contribution in [0.4, 0.5) is 4.39 Å². The lowest BCUT2D eigenvalue weighted by Crippen LogP contribution is -2.48. The van der Waals surface area contributed by atoms with E-state index in [1.165, 1.54) is 24.3 Å². The number of carbonyl (C=O) groups is 2. The molecule has 0 aliphatic heterocycles. The molecule has 0 spiro atoms. The van der Waals surface area contributed by atoms with Crippen LogP contribution in [0.5, 0.6) is 0 Å². The lowest BCUT2D eigenvalue weighted by atomic mass is 9.90. The summed E-state index contributed by atoms with van der Waals surface area (Å²) in [6.45, 7) is 3.91. The Balaban J connectivity index is 1.43. The topological polar surface area (TPSA) is 58.2 Å². The fourth-order valence-corrected chi connectivity index (χ4v) is 4.44. The van der Waals surface area contributed by atoms with Crippen LogP contribution in [-0.2, 0) is 0 Å². The molecule has 0 bridgehead atoms. The molecular weight excluding hydrogens is 402 g/mol. The van der Waals surface area contributed by atoms with Gasteiger partial charge in [-0.2, -0.15) is 0 Å². The quantitative estimate of drug-likeness (QED) is 0.741. The molecule has 2 aliphatic carbocycles. The molecule has 2 N–H and O–H groups in total. The van der Waals surface area contributed by atoms with Crippen molar-refractivity contribution in [2.24, 2.45) is 5.41 Å². The first kappa shape index (κ1) is 19.2. The Morgan fingerprint density at radius 1 is 0.964 bits per heavy atom. The number of rotatable bonds is 5. The molecule has 7 heteroatoms. The second kappa shape index (κ2) is 6.19. The van der Waals surface area contributed by atoms with Crippen molar-refractivity contribution in [2.45, 2.75) is 37.8 Å². The fraction of sp³-hybridized carbons (Fsp3) is 0.333. The Labute approximate surface area is 172 Å². The summed E-state index contributed by atoms with van der Waals surface area (Å²) in [7, 11) is 0. The molecule has 2 aliphatic rings. The van der Waals surface area contributed by atoms with Gasteiger partial charge in [-0.25, -0.2) is 4.39 Å². The molecule has 4 rings (SSSR count). The van der Waals surface area contributed by atoms with Crippen LogP contribution in [-0.4, -0.2) is 22.9 Å². The minimum Gasteiger partial charge on any atom is -0.347 e. The molecule has 0 saturated heterocycles. The van der Waals surface area contributed by atoms with Gasteiger partial charge in [0, 0.05) is 27.6 Å². The highest BCUT2D eigenvalue weighted by molar-refractivity contribution is 6.42. The highest BCUT2D eigenvalue weighted by Crippen LogP contribution is 2.82. The van der Waals surface area contributed by atoms with Gasteiger partial charge in [0.2, 0.25) is 0 Å². The molecular formula is C21H19Cl2FN2O2. The monoisotopic (exact) mass is 420 g/mol. The van der Waals surface area contributed by atoms with Crippen LogP contribution in [0.3, 0.4) is 0 Å². The van der Waals surface area contributed by atoms with Gasteiger partial charge in [-0.3, -0.25) is 9.59 Å². The number of halogens is 3. The number of amides is 2. The van der Waals surface area contributed by atoms with E-state index in [-0.39, 0.29) is 28.6 Å². The second-order valence-electron chi connectivity index (χ2n) is 8.19. The molecule has 0 heterocycles. The van der Waals surface area contributed by atoms with E-state index in [1.807, 2.05) is 13.8 Å². The third-order valence-corrected chi connectivity index (χ3v) is 6.88. The van der Waals surface area contributed by atoms with Crippen LogP contribution in [0.15, 0.2) is 42.5 Å². The molecule has 2 saturated carbocycles. The summed E-state index contributed by atoms with van der Waals surface area (Å²) < 4.78 is 13.1. The summed E-state index contributed by atoms with van der Waals surface area (Å²) in [6.07, 6.45) is 1.59. The van der Waals surface area contributed by atoms with Gasteiger partial charge in [-0.15, -0.1) is 0 Å². The van der Waals surface area contributed by atoms with Crippen LogP contribution < -0.4 is 10.6 Å². The van der Waals surface area contributed by atoms with Crippen molar-refractivity contribution in [1.29, 1.82) is 0 Å².